The maximum atomic E-state index is 13.9. The van der Waals surface area contributed by atoms with E-state index < -0.39 is 11.6 Å². The summed E-state index contributed by atoms with van der Waals surface area (Å²) in [7, 11) is 0. The molecule has 0 aliphatic rings. The molecule has 5 heteroatoms. The Morgan fingerprint density at radius 2 is 2.00 bits per heavy atom. The van der Waals surface area contributed by atoms with E-state index in [1.54, 1.807) is 18.2 Å². The summed E-state index contributed by atoms with van der Waals surface area (Å²) < 4.78 is 20.0. The highest BCUT2D eigenvalue weighted by Crippen LogP contribution is 2.27. The standard InChI is InChI=1S/C15H13BrFNO2/c1-2-20-14-6-3-9(16)7-12(14)15(19)11-5-4-10(18)8-13(11)17/h3-8H,2,18H2,1H3. The van der Waals surface area contributed by atoms with Crippen LogP contribution in [0, 0.1) is 5.82 Å². The molecule has 0 bridgehead atoms. The fraction of sp³-hybridized carbons (Fsp3) is 0.133. The number of anilines is 1. The van der Waals surface area contributed by atoms with Gasteiger partial charge >= 0.3 is 0 Å². The summed E-state index contributed by atoms with van der Waals surface area (Å²) in [5, 5.41) is 0. The molecule has 2 aromatic carbocycles. The van der Waals surface area contributed by atoms with Gasteiger partial charge in [-0.3, -0.25) is 4.79 Å². The molecule has 2 rings (SSSR count). The second kappa shape index (κ2) is 6.05. The minimum absolute atomic E-state index is 0.0294. The molecular formula is C15H13BrFNO2. The number of carbonyl (C=O) groups excluding carboxylic acids is 1. The third-order valence-corrected chi connectivity index (χ3v) is 3.22. The van der Waals surface area contributed by atoms with Crippen LogP contribution in [0.1, 0.15) is 22.8 Å². The van der Waals surface area contributed by atoms with Gasteiger partial charge in [-0.15, -0.1) is 0 Å². The van der Waals surface area contributed by atoms with E-state index in [9.17, 15) is 9.18 Å². The van der Waals surface area contributed by atoms with E-state index in [-0.39, 0.29) is 11.3 Å². The molecular weight excluding hydrogens is 325 g/mol. The first-order chi connectivity index (χ1) is 9.52. The Labute approximate surface area is 124 Å². The Bertz CT molecular complexity index is 658. The number of rotatable bonds is 4. The number of hydrogen-bond donors (Lipinski definition) is 1. The van der Waals surface area contributed by atoms with Crippen LogP contribution in [0.2, 0.25) is 0 Å². The first-order valence-electron chi connectivity index (χ1n) is 6.05. The summed E-state index contributed by atoms with van der Waals surface area (Å²) in [6, 6.07) is 9.06. The van der Waals surface area contributed by atoms with E-state index in [2.05, 4.69) is 15.9 Å². The van der Waals surface area contributed by atoms with Crippen LogP contribution in [-0.2, 0) is 0 Å². The van der Waals surface area contributed by atoms with Gasteiger partial charge in [0.15, 0.2) is 5.78 Å². The molecule has 3 nitrogen and oxygen atoms in total. The lowest BCUT2D eigenvalue weighted by molar-refractivity contribution is 0.103. The van der Waals surface area contributed by atoms with Gasteiger partial charge in [0.2, 0.25) is 0 Å². The van der Waals surface area contributed by atoms with Crippen molar-refractivity contribution in [1.82, 2.24) is 0 Å². The molecule has 0 saturated carbocycles. The zero-order chi connectivity index (χ0) is 14.7. The summed E-state index contributed by atoms with van der Waals surface area (Å²) in [6.07, 6.45) is 0. The number of halogens is 2. The molecule has 0 saturated heterocycles. The second-order valence-corrected chi connectivity index (χ2v) is 5.06. The number of nitrogens with two attached hydrogens (primary N) is 1. The first-order valence-corrected chi connectivity index (χ1v) is 6.84. The third kappa shape index (κ3) is 2.99. The molecule has 0 aliphatic carbocycles. The van der Waals surface area contributed by atoms with Crippen molar-refractivity contribution in [2.45, 2.75) is 6.92 Å². The van der Waals surface area contributed by atoms with E-state index in [0.717, 1.165) is 10.5 Å². The van der Waals surface area contributed by atoms with Crippen LogP contribution in [0.5, 0.6) is 5.75 Å². The van der Waals surface area contributed by atoms with Crippen LogP contribution in [0.15, 0.2) is 40.9 Å². The highest BCUT2D eigenvalue weighted by atomic mass is 79.9. The van der Waals surface area contributed by atoms with Crippen LogP contribution in [-0.4, -0.2) is 12.4 Å². The highest BCUT2D eigenvalue weighted by molar-refractivity contribution is 9.10. The van der Waals surface area contributed by atoms with Crippen LogP contribution in [0.4, 0.5) is 10.1 Å². The Hall–Kier alpha value is -1.88. The Balaban J connectivity index is 2.49. The topological polar surface area (TPSA) is 52.3 Å². The smallest absolute Gasteiger partial charge is 0.199 e. The van der Waals surface area contributed by atoms with E-state index in [1.807, 2.05) is 6.92 Å². The maximum Gasteiger partial charge on any atom is 0.199 e. The van der Waals surface area contributed by atoms with Crippen molar-refractivity contribution in [3.63, 3.8) is 0 Å². The average Bonchev–Trinajstić information content (AvgIpc) is 2.40. The molecule has 2 N–H and O–H groups in total. The van der Waals surface area contributed by atoms with E-state index in [4.69, 9.17) is 10.5 Å². The van der Waals surface area contributed by atoms with Crippen molar-refractivity contribution in [3.05, 3.63) is 57.8 Å². The van der Waals surface area contributed by atoms with E-state index in [1.165, 1.54) is 12.1 Å². The van der Waals surface area contributed by atoms with Gasteiger partial charge in [-0.05, 0) is 43.3 Å². The molecule has 0 amide bonds. The lowest BCUT2D eigenvalue weighted by Crippen LogP contribution is -2.08. The Kier molecular flexibility index (Phi) is 4.39. The van der Waals surface area contributed by atoms with Crippen molar-refractivity contribution < 1.29 is 13.9 Å². The van der Waals surface area contributed by atoms with Gasteiger partial charge in [0.05, 0.1) is 17.7 Å². The van der Waals surface area contributed by atoms with Gasteiger partial charge in [0.1, 0.15) is 11.6 Å². The molecule has 0 radical (unpaired) electrons. The van der Waals surface area contributed by atoms with Crippen LogP contribution < -0.4 is 10.5 Å². The Morgan fingerprint density at radius 1 is 1.25 bits per heavy atom. The van der Waals surface area contributed by atoms with Crippen molar-refractivity contribution >= 4 is 27.4 Å². The first kappa shape index (κ1) is 14.5. The monoisotopic (exact) mass is 337 g/mol. The second-order valence-electron chi connectivity index (χ2n) is 4.14. The largest absolute Gasteiger partial charge is 0.493 e. The zero-order valence-electron chi connectivity index (χ0n) is 10.8. The number of ether oxygens (including phenoxy) is 1. The van der Waals surface area contributed by atoms with Crippen molar-refractivity contribution in [2.24, 2.45) is 0 Å². The number of hydrogen-bond acceptors (Lipinski definition) is 3. The van der Waals surface area contributed by atoms with E-state index in [0.29, 0.717) is 17.9 Å². The molecule has 2 aromatic rings. The molecule has 0 unspecified atom stereocenters. The summed E-state index contributed by atoms with van der Waals surface area (Å²) >= 11 is 3.30. The van der Waals surface area contributed by atoms with Gasteiger partial charge in [-0.2, -0.15) is 0 Å². The molecule has 0 aromatic heterocycles. The fourth-order valence-corrected chi connectivity index (χ4v) is 2.18. The number of ketones is 1. The molecule has 20 heavy (non-hydrogen) atoms. The lowest BCUT2D eigenvalue weighted by Gasteiger charge is -2.10. The normalized spacial score (nSPS) is 10.3. The van der Waals surface area contributed by atoms with Gasteiger partial charge in [0, 0.05) is 10.2 Å². The number of benzene rings is 2. The summed E-state index contributed by atoms with van der Waals surface area (Å²) in [6.45, 7) is 2.24. The molecule has 0 heterocycles. The summed E-state index contributed by atoms with van der Waals surface area (Å²) in [5.41, 5.74) is 6.04. The molecule has 0 atom stereocenters. The minimum Gasteiger partial charge on any atom is -0.493 e. The quantitative estimate of drug-likeness (QED) is 0.681. The lowest BCUT2D eigenvalue weighted by atomic mass is 10.0. The molecule has 0 spiro atoms. The van der Waals surface area contributed by atoms with Crippen molar-refractivity contribution in [1.29, 1.82) is 0 Å². The van der Waals surface area contributed by atoms with Crippen molar-refractivity contribution in [3.8, 4) is 5.75 Å². The molecule has 0 aliphatic heterocycles. The number of nitrogen functional groups attached to an aromatic ring is 1. The third-order valence-electron chi connectivity index (χ3n) is 2.72. The number of carbonyl (C=O) groups is 1. The van der Waals surface area contributed by atoms with Gasteiger partial charge < -0.3 is 10.5 Å². The van der Waals surface area contributed by atoms with Gasteiger partial charge in [-0.25, -0.2) is 4.39 Å². The summed E-state index contributed by atoms with van der Waals surface area (Å²) in [5.74, 6) is -0.651. The van der Waals surface area contributed by atoms with E-state index >= 15 is 0 Å². The van der Waals surface area contributed by atoms with Crippen LogP contribution in [0.3, 0.4) is 0 Å². The predicted octanol–water partition coefficient (Wildman–Crippen LogP) is 3.80. The zero-order valence-corrected chi connectivity index (χ0v) is 12.4. The van der Waals surface area contributed by atoms with Crippen LogP contribution >= 0.6 is 15.9 Å². The molecule has 104 valence electrons. The Morgan fingerprint density at radius 3 is 2.65 bits per heavy atom. The maximum absolute atomic E-state index is 13.9. The van der Waals surface area contributed by atoms with Gasteiger partial charge in [0.25, 0.3) is 0 Å². The van der Waals surface area contributed by atoms with Crippen LogP contribution in [0.25, 0.3) is 0 Å². The van der Waals surface area contributed by atoms with Gasteiger partial charge in [-0.1, -0.05) is 15.9 Å². The summed E-state index contributed by atoms with van der Waals surface area (Å²) in [4.78, 5) is 12.4. The SMILES string of the molecule is CCOc1ccc(Br)cc1C(=O)c1ccc(N)cc1F. The average molecular weight is 338 g/mol. The predicted molar refractivity (Wildman–Crippen MR) is 79.6 cm³/mol. The minimum atomic E-state index is -0.641. The fourth-order valence-electron chi connectivity index (χ4n) is 1.82. The highest BCUT2D eigenvalue weighted by Gasteiger charge is 2.18. The van der Waals surface area contributed by atoms with Crippen molar-refractivity contribution in [2.75, 3.05) is 12.3 Å². The molecule has 0 fully saturated rings.